The lowest BCUT2D eigenvalue weighted by atomic mass is 9.48. The molecule has 0 aromatic rings. The minimum atomic E-state index is -3.42. The van der Waals surface area contributed by atoms with Gasteiger partial charge in [-0.2, -0.15) is 0 Å². The lowest BCUT2D eigenvalue weighted by Crippen LogP contribution is -2.57. The maximum absolute atomic E-state index is 13.0. The van der Waals surface area contributed by atoms with E-state index in [0.29, 0.717) is 31.0 Å². The molecule has 0 bridgehead atoms. The summed E-state index contributed by atoms with van der Waals surface area (Å²) in [6.45, 7) is 5.64. The summed E-state index contributed by atoms with van der Waals surface area (Å²) < 4.78 is 25.8. The predicted molar refractivity (Wildman–Crippen MR) is 95.5 cm³/mol. The highest BCUT2D eigenvalue weighted by Crippen LogP contribution is 2.62. The van der Waals surface area contributed by atoms with Gasteiger partial charge in [0.2, 0.25) is 0 Å². The van der Waals surface area contributed by atoms with Crippen LogP contribution in [0.15, 0.2) is 22.6 Å². The van der Waals surface area contributed by atoms with Crippen LogP contribution in [0.1, 0.15) is 59.3 Å². The Morgan fingerprint density at radius 1 is 1.16 bits per heavy atom. The Hall–Kier alpha value is -1.23. The summed E-state index contributed by atoms with van der Waals surface area (Å²) >= 11 is 0. The van der Waals surface area contributed by atoms with Gasteiger partial charge in [-0.1, -0.05) is 25.5 Å². The number of fused-ring (bicyclic) bond motifs is 5. The molecule has 0 aromatic carbocycles. The first-order valence-corrected chi connectivity index (χ1v) is 10.9. The van der Waals surface area contributed by atoms with Gasteiger partial charge < -0.3 is 0 Å². The second-order valence-corrected chi connectivity index (χ2v) is 11.1. The molecule has 136 valence electrons. The van der Waals surface area contributed by atoms with Crippen molar-refractivity contribution in [2.75, 3.05) is 0 Å². The van der Waals surface area contributed by atoms with E-state index < -0.39 is 20.5 Å². The highest BCUT2D eigenvalue weighted by Gasteiger charge is 2.61. The third kappa shape index (κ3) is 2.08. The molecular formula is C20H26O4S. The van der Waals surface area contributed by atoms with E-state index in [9.17, 15) is 18.0 Å². The molecule has 3 aliphatic carbocycles. The van der Waals surface area contributed by atoms with Gasteiger partial charge in [0.25, 0.3) is 0 Å². The first-order valence-electron chi connectivity index (χ1n) is 9.30. The minimum Gasteiger partial charge on any atom is -0.300 e. The van der Waals surface area contributed by atoms with E-state index in [1.165, 1.54) is 18.6 Å². The van der Waals surface area contributed by atoms with Gasteiger partial charge in [-0.05, 0) is 55.9 Å². The summed E-state index contributed by atoms with van der Waals surface area (Å²) in [7, 11) is -3.42. The molecule has 4 nitrogen and oxygen atoms in total. The summed E-state index contributed by atoms with van der Waals surface area (Å²) in [6, 6.07) is 0. The van der Waals surface area contributed by atoms with Crippen LogP contribution in [0.4, 0.5) is 0 Å². The van der Waals surface area contributed by atoms with E-state index in [4.69, 9.17) is 0 Å². The fourth-order valence-electron chi connectivity index (χ4n) is 6.05. The molecule has 0 saturated heterocycles. The standard InChI is InChI=1S/C20H26O4S/c1-12-10-17(22)20(3)16-5-4-13-11-14(21)8-9-19(13,2)15(16)6-7-18(20)25(12,23)24/h6,10,13,16,18H,4-5,7-9,11H2,1-3H3. The van der Waals surface area contributed by atoms with Crippen molar-refractivity contribution in [3.05, 3.63) is 22.6 Å². The molecule has 4 aliphatic rings. The van der Waals surface area contributed by atoms with E-state index in [1.807, 2.05) is 6.92 Å². The lowest BCUT2D eigenvalue weighted by molar-refractivity contribution is -0.130. The summed E-state index contributed by atoms with van der Waals surface area (Å²) in [5.41, 5.74) is 0.328. The van der Waals surface area contributed by atoms with Gasteiger partial charge in [0, 0.05) is 17.7 Å². The van der Waals surface area contributed by atoms with E-state index >= 15 is 0 Å². The van der Waals surface area contributed by atoms with Gasteiger partial charge in [-0.25, -0.2) is 8.42 Å². The molecule has 0 aromatic heterocycles. The third-order valence-corrected chi connectivity index (χ3v) is 10.2. The molecule has 25 heavy (non-hydrogen) atoms. The minimum absolute atomic E-state index is 0.0210. The number of allylic oxidation sites excluding steroid dienone is 4. The van der Waals surface area contributed by atoms with Gasteiger partial charge in [0.15, 0.2) is 15.6 Å². The number of rotatable bonds is 0. The number of hydrogen-bond acceptors (Lipinski definition) is 4. The van der Waals surface area contributed by atoms with Crippen molar-refractivity contribution in [1.82, 2.24) is 0 Å². The first kappa shape index (κ1) is 17.2. The maximum Gasteiger partial charge on any atom is 0.178 e. The number of sulfone groups is 1. The topological polar surface area (TPSA) is 68.3 Å². The molecule has 1 heterocycles. The van der Waals surface area contributed by atoms with Crippen molar-refractivity contribution < 1.29 is 18.0 Å². The van der Waals surface area contributed by atoms with Crippen molar-refractivity contribution in [1.29, 1.82) is 0 Å². The first-order chi connectivity index (χ1) is 11.6. The molecule has 0 N–H and O–H groups in total. The van der Waals surface area contributed by atoms with Crippen LogP contribution < -0.4 is 0 Å². The Morgan fingerprint density at radius 2 is 1.88 bits per heavy atom. The number of carbonyl (C=O) groups excluding carboxylic acids is 2. The van der Waals surface area contributed by atoms with Crippen molar-refractivity contribution in [2.45, 2.75) is 64.5 Å². The average molecular weight is 362 g/mol. The van der Waals surface area contributed by atoms with Crippen LogP contribution >= 0.6 is 0 Å². The molecule has 0 radical (unpaired) electrons. The molecule has 0 spiro atoms. The molecule has 0 amide bonds. The molecular weight excluding hydrogens is 336 g/mol. The highest BCUT2D eigenvalue weighted by molar-refractivity contribution is 7.96. The van der Waals surface area contributed by atoms with Crippen molar-refractivity contribution >= 4 is 21.4 Å². The zero-order valence-electron chi connectivity index (χ0n) is 15.2. The number of ketones is 2. The monoisotopic (exact) mass is 362 g/mol. The van der Waals surface area contributed by atoms with Crippen LogP contribution in [-0.2, 0) is 19.4 Å². The van der Waals surface area contributed by atoms with Crippen molar-refractivity contribution in [3.63, 3.8) is 0 Å². The second kappa shape index (κ2) is 5.15. The van der Waals surface area contributed by atoms with Crippen LogP contribution in [0, 0.1) is 22.7 Å². The third-order valence-electron chi connectivity index (χ3n) is 7.77. The van der Waals surface area contributed by atoms with Crippen LogP contribution in [0.3, 0.4) is 0 Å². The van der Waals surface area contributed by atoms with Crippen molar-refractivity contribution in [3.8, 4) is 0 Å². The van der Waals surface area contributed by atoms with Crippen LogP contribution in [0.25, 0.3) is 0 Å². The number of carbonyl (C=O) groups is 2. The fourth-order valence-corrected chi connectivity index (χ4v) is 8.05. The SMILES string of the molecule is CC1=CC(=O)C2(C)C3CCC4CC(=O)CCC4(C)C3=CCC2S1(=O)=O. The van der Waals surface area contributed by atoms with Crippen molar-refractivity contribution in [2.24, 2.45) is 22.7 Å². The molecule has 4 rings (SSSR count). The van der Waals surface area contributed by atoms with E-state index in [-0.39, 0.29) is 22.0 Å². The quantitative estimate of drug-likeness (QED) is 0.620. The maximum atomic E-state index is 13.0. The number of Topliss-reactive ketones (excluding diaryl/α,β-unsaturated/α-hetero) is 1. The molecule has 5 unspecified atom stereocenters. The van der Waals surface area contributed by atoms with E-state index in [2.05, 4.69) is 13.0 Å². The normalized spacial score (nSPS) is 45.6. The lowest BCUT2D eigenvalue weighted by Gasteiger charge is -2.57. The Labute approximate surface area is 149 Å². The van der Waals surface area contributed by atoms with E-state index in [1.54, 1.807) is 0 Å². The second-order valence-electron chi connectivity index (χ2n) is 8.82. The van der Waals surface area contributed by atoms with Gasteiger partial charge in [0.1, 0.15) is 5.78 Å². The summed E-state index contributed by atoms with van der Waals surface area (Å²) in [5.74, 6) is 0.627. The Bertz CT molecular complexity index is 834. The molecule has 2 saturated carbocycles. The number of hydrogen-bond donors (Lipinski definition) is 0. The molecule has 5 heteroatoms. The average Bonchev–Trinajstić information content (AvgIpc) is 2.54. The largest absolute Gasteiger partial charge is 0.300 e. The Morgan fingerprint density at radius 3 is 2.60 bits per heavy atom. The predicted octanol–water partition coefficient (Wildman–Crippen LogP) is 3.38. The van der Waals surface area contributed by atoms with Gasteiger partial charge in [-0.15, -0.1) is 0 Å². The smallest absolute Gasteiger partial charge is 0.178 e. The zero-order valence-corrected chi connectivity index (χ0v) is 16.0. The molecule has 2 fully saturated rings. The molecule has 5 atom stereocenters. The van der Waals surface area contributed by atoms with Gasteiger partial charge in [-0.3, -0.25) is 9.59 Å². The molecule has 1 aliphatic heterocycles. The van der Waals surface area contributed by atoms with Gasteiger partial charge >= 0.3 is 0 Å². The zero-order chi connectivity index (χ0) is 18.2. The summed E-state index contributed by atoms with van der Waals surface area (Å²) in [4.78, 5) is 25.1. The summed E-state index contributed by atoms with van der Waals surface area (Å²) in [5, 5.41) is -0.642. The Balaban J connectivity index is 1.83. The van der Waals surface area contributed by atoms with Crippen LogP contribution in [-0.4, -0.2) is 25.2 Å². The van der Waals surface area contributed by atoms with E-state index in [0.717, 1.165) is 19.3 Å². The van der Waals surface area contributed by atoms with Crippen LogP contribution in [0.5, 0.6) is 0 Å². The van der Waals surface area contributed by atoms with Gasteiger partial charge in [0.05, 0.1) is 10.7 Å². The highest BCUT2D eigenvalue weighted by atomic mass is 32.2. The Kier molecular flexibility index (Phi) is 3.54. The fraction of sp³-hybridized carbons (Fsp3) is 0.700. The summed E-state index contributed by atoms with van der Waals surface area (Å²) in [6.07, 6.45) is 7.65. The van der Waals surface area contributed by atoms with Crippen LogP contribution in [0.2, 0.25) is 0 Å².